The number of rotatable bonds is 9. The fourth-order valence-electron chi connectivity index (χ4n) is 3.38. The predicted octanol–water partition coefficient (Wildman–Crippen LogP) is 5.93. The Morgan fingerprint density at radius 2 is 1.68 bits per heavy atom. The minimum absolute atomic E-state index is 0.106. The molecule has 0 spiro atoms. The molecule has 34 heavy (non-hydrogen) atoms. The minimum atomic E-state index is -4.75. The van der Waals surface area contributed by atoms with Gasteiger partial charge in [-0.15, -0.1) is 31.4 Å². The minimum Gasteiger partial charge on any atom is -0.457 e. The van der Waals surface area contributed by atoms with Crippen molar-refractivity contribution in [3.63, 3.8) is 0 Å². The van der Waals surface area contributed by atoms with Gasteiger partial charge in [0.1, 0.15) is 28.4 Å². The maximum atomic E-state index is 13.0. The van der Waals surface area contributed by atoms with Gasteiger partial charge in [0.15, 0.2) is 0 Å². The molecular weight excluding hydrogens is 603 g/mol. The van der Waals surface area contributed by atoms with Gasteiger partial charge in [0, 0.05) is 18.0 Å². The normalized spacial score (nSPS) is 16.2. The Hall–Kier alpha value is -1.71. The number of piperidine rings is 1. The van der Waals surface area contributed by atoms with E-state index in [-0.39, 0.29) is 18.1 Å². The third-order valence-corrected chi connectivity index (χ3v) is 7.34. The lowest BCUT2D eigenvalue weighted by Crippen LogP contribution is -2.51. The summed E-state index contributed by atoms with van der Waals surface area (Å²) in [5.74, 6) is 3.01. The molecule has 6 nitrogen and oxygen atoms in total. The topological polar surface area (TPSA) is 60.0 Å². The van der Waals surface area contributed by atoms with Crippen molar-refractivity contribution in [3.8, 4) is 29.6 Å². The van der Waals surface area contributed by atoms with Crippen LogP contribution in [0.15, 0.2) is 53.4 Å². The van der Waals surface area contributed by atoms with Crippen molar-refractivity contribution >= 4 is 46.2 Å². The standard InChI is InChI=1S/C22H21F3IN2O4PS/c1-2-13-28-14-11-21(12-15-28,20(29)27-32-33-26)34-19-9-7-17(8-10-19)30-16-3-5-18(6-4-16)31-22(23,24)25/h1,3-10,33H,11-15H2,(H,27,29). The summed E-state index contributed by atoms with van der Waals surface area (Å²) in [6, 6.07) is 12.3. The summed E-state index contributed by atoms with van der Waals surface area (Å²) in [5.41, 5.74) is 2.55. The first-order valence-electron chi connectivity index (χ1n) is 10.0. The van der Waals surface area contributed by atoms with Crippen molar-refractivity contribution in [1.29, 1.82) is 0 Å². The largest absolute Gasteiger partial charge is 0.573 e. The van der Waals surface area contributed by atoms with Gasteiger partial charge >= 0.3 is 6.36 Å². The van der Waals surface area contributed by atoms with E-state index in [4.69, 9.17) is 15.8 Å². The van der Waals surface area contributed by atoms with Gasteiger partial charge < -0.3 is 9.47 Å². The van der Waals surface area contributed by atoms with Crippen LogP contribution >= 0.6 is 40.3 Å². The molecule has 1 amide bonds. The number of hydroxylamine groups is 1. The lowest BCUT2D eigenvalue weighted by molar-refractivity contribution is -0.274. The Labute approximate surface area is 214 Å². The molecular formula is C22H21F3IN2O4PS. The van der Waals surface area contributed by atoms with Crippen LogP contribution in [0.5, 0.6) is 17.2 Å². The zero-order chi connectivity index (χ0) is 24.6. The van der Waals surface area contributed by atoms with E-state index < -0.39 is 11.1 Å². The van der Waals surface area contributed by atoms with Gasteiger partial charge in [-0.1, -0.05) is 5.92 Å². The summed E-state index contributed by atoms with van der Waals surface area (Å²) in [7, 11) is 0. The Balaban J connectivity index is 1.66. The maximum Gasteiger partial charge on any atom is 0.573 e. The van der Waals surface area contributed by atoms with E-state index >= 15 is 0 Å². The smallest absolute Gasteiger partial charge is 0.457 e. The molecule has 1 atom stereocenters. The van der Waals surface area contributed by atoms with Crippen molar-refractivity contribution in [2.24, 2.45) is 0 Å². The highest BCUT2D eigenvalue weighted by molar-refractivity contribution is 14.2. The molecule has 0 radical (unpaired) electrons. The van der Waals surface area contributed by atoms with Crippen LogP contribution in [0.4, 0.5) is 13.2 Å². The average molecular weight is 624 g/mol. The van der Waals surface area contributed by atoms with Gasteiger partial charge in [0.05, 0.1) is 6.54 Å². The van der Waals surface area contributed by atoms with Crippen LogP contribution in [0.2, 0.25) is 0 Å². The van der Waals surface area contributed by atoms with E-state index in [1.165, 1.54) is 36.0 Å². The number of terminal acetylenes is 1. The van der Waals surface area contributed by atoms with E-state index in [9.17, 15) is 18.0 Å². The molecule has 0 aromatic heterocycles. The summed E-state index contributed by atoms with van der Waals surface area (Å²) in [4.78, 5) is 16.0. The van der Waals surface area contributed by atoms with Gasteiger partial charge in [0.2, 0.25) is 0 Å². The third-order valence-electron chi connectivity index (χ3n) is 5.00. The zero-order valence-electron chi connectivity index (χ0n) is 17.7. The second-order valence-electron chi connectivity index (χ2n) is 7.28. The number of nitrogens with zero attached hydrogens (tertiary/aromatic N) is 1. The molecule has 1 heterocycles. The van der Waals surface area contributed by atoms with Crippen LogP contribution in [-0.4, -0.2) is 41.6 Å². The highest BCUT2D eigenvalue weighted by atomic mass is 127. The average Bonchev–Trinajstić information content (AvgIpc) is 2.80. The highest BCUT2D eigenvalue weighted by Crippen LogP contribution is 2.42. The predicted molar refractivity (Wildman–Crippen MR) is 134 cm³/mol. The number of carbonyl (C=O) groups excluding carboxylic acids is 1. The van der Waals surface area contributed by atoms with Crippen molar-refractivity contribution in [2.75, 3.05) is 19.6 Å². The van der Waals surface area contributed by atoms with Crippen LogP contribution in [0.3, 0.4) is 0 Å². The molecule has 3 rings (SSSR count). The molecule has 1 N–H and O–H groups in total. The summed E-state index contributed by atoms with van der Waals surface area (Å²) in [5, 5.41) is 0. The quantitative estimate of drug-likeness (QED) is 0.162. The summed E-state index contributed by atoms with van der Waals surface area (Å²) < 4.78 is 50.9. The molecule has 1 aliphatic heterocycles. The van der Waals surface area contributed by atoms with Gasteiger partial charge in [-0.3, -0.25) is 9.69 Å². The third kappa shape index (κ3) is 7.92. The first-order valence-corrected chi connectivity index (χ1v) is 14.9. The molecule has 2 aromatic rings. The molecule has 12 heteroatoms. The number of benzene rings is 2. The SMILES string of the molecule is C#CCN1CCC(Sc2ccc(Oc3ccc(OC(F)(F)F)cc3)cc2)(C(=O)NOPI)CC1. The van der Waals surface area contributed by atoms with Gasteiger partial charge in [-0.05, 0) is 83.4 Å². The van der Waals surface area contributed by atoms with Crippen molar-refractivity contribution in [3.05, 3.63) is 48.5 Å². The molecule has 1 aliphatic rings. The Morgan fingerprint density at radius 3 is 2.21 bits per heavy atom. The van der Waals surface area contributed by atoms with Gasteiger partial charge in [-0.25, -0.2) is 10.1 Å². The first kappa shape index (κ1) is 26.9. The molecule has 1 saturated heterocycles. The van der Waals surface area contributed by atoms with E-state index in [2.05, 4.69) is 21.0 Å². The highest BCUT2D eigenvalue weighted by Gasteiger charge is 2.42. The molecule has 2 aromatic carbocycles. The number of hydrogen-bond donors (Lipinski definition) is 1. The Kier molecular flexibility index (Phi) is 9.74. The van der Waals surface area contributed by atoms with E-state index in [1.54, 1.807) is 12.1 Å². The molecule has 182 valence electrons. The number of alkyl halides is 3. The summed E-state index contributed by atoms with van der Waals surface area (Å²) in [6.45, 7) is 2.05. The fraction of sp³-hybridized carbons (Fsp3) is 0.318. The van der Waals surface area contributed by atoms with Gasteiger partial charge in [0.25, 0.3) is 5.91 Å². The van der Waals surface area contributed by atoms with E-state index in [0.29, 0.717) is 44.0 Å². The molecule has 0 saturated carbocycles. The van der Waals surface area contributed by atoms with Crippen LogP contribution in [0.25, 0.3) is 0 Å². The number of likely N-dealkylation sites (tertiary alicyclic amines) is 1. The molecule has 1 unspecified atom stereocenters. The first-order chi connectivity index (χ1) is 16.2. The number of amides is 1. The Bertz CT molecular complexity index is 995. The van der Waals surface area contributed by atoms with E-state index in [1.807, 2.05) is 34.2 Å². The fourth-order valence-corrected chi connectivity index (χ4v) is 5.09. The van der Waals surface area contributed by atoms with Crippen molar-refractivity contribution in [2.45, 2.75) is 28.8 Å². The number of ether oxygens (including phenoxy) is 2. The summed E-state index contributed by atoms with van der Waals surface area (Å²) >= 11 is 3.50. The van der Waals surface area contributed by atoms with Crippen LogP contribution in [0.1, 0.15) is 12.8 Å². The van der Waals surface area contributed by atoms with E-state index in [0.717, 1.165) is 4.90 Å². The monoisotopic (exact) mass is 624 g/mol. The number of hydrogen-bond acceptors (Lipinski definition) is 6. The van der Waals surface area contributed by atoms with Gasteiger partial charge in [-0.2, -0.15) is 0 Å². The van der Waals surface area contributed by atoms with Crippen molar-refractivity contribution < 1.29 is 32.1 Å². The molecule has 0 aliphatic carbocycles. The molecule has 1 fully saturated rings. The number of carbonyl (C=O) groups is 1. The molecule has 0 bridgehead atoms. The number of nitrogens with one attached hydrogen (secondary N) is 1. The number of thioether (sulfide) groups is 1. The lowest BCUT2D eigenvalue weighted by atomic mass is 9.95. The summed E-state index contributed by atoms with van der Waals surface area (Å²) in [6.07, 6.45) is 1.90. The second kappa shape index (κ2) is 12.3. The Morgan fingerprint density at radius 1 is 1.12 bits per heavy atom. The van der Waals surface area contributed by atoms with Crippen LogP contribution in [-0.2, 0) is 9.42 Å². The number of halogens is 4. The second-order valence-corrected chi connectivity index (χ2v) is 10.4. The van der Waals surface area contributed by atoms with Crippen molar-refractivity contribution in [1.82, 2.24) is 10.4 Å². The van der Waals surface area contributed by atoms with Crippen LogP contribution in [0, 0.1) is 12.3 Å². The van der Waals surface area contributed by atoms with Crippen LogP contribution < -0.4 is 15.0 Å². The lowest BCUT2D eigenvalue weighted by Gasteiger charge is -2.39. The zero-order valence-corrected chi connectivity index (χ0v) is 21.7. The maximum absolute atomic E-state index is 13.0.